The zero-order valence-electron chi connectivity index (χ0n) is 10.3. The lowest BCUT2D eigenvalue weighted by Gasteiger charge is -2.09. The van der Waals surface area contributed by atoms with Gasteiger partial charge in [0.1, 0.15) is 0 Å². The van der Waals surface area contributed by atoms with E-state index < -0.39 is 0 Å². The standard InChI is InChI=1S/C15H10BrClN2S/c16-9-1-6-14-12(7-9)15(13(18)8-19-14)20-11-4-2-10(17)3-5-11/h1-8H,18H2. The Labute approximate surface area is 134 Å². The van der Waals surface area contributed by atoms with Crippen LogP contribution in [0, 0.1) is 0 Å². The van der Waals surface area contributed by atoms with E-state index in [4.69, 9.17) is 17.3 Å². The average Bonchev–Trinajstić information content (AvgIpc) is 2.44. The third-order valence-electron chi connectivity index (χ3n) is 2.84. The van der Waals surface area contributed by atoms with Gasteiger partial charge in [-0.2, -0.15) is 0 Å². The SMILES string of the molecule is Nc1cnc2ccc(Br)cc2c1Sc1ccc(Cl)cc1. The summed E-state index contributed by atoms with van der Waals surface area (Å²) in [6.07, 6.45) is 1.70. The summed E-state index contributed by atoms with van der Waals surface area (Å²) in [6.45, 7) is 0. The number of hydrogen-bond acceptors (Lipinski definition) is 3. The molecular formula is C15H10BrClN2S. The van der Waals surface area contributed by atoms with Crippen LogP contribution in [0.4, 0.5) is 5.69 Å². The van der Waals surface area contributed by atoms with Gasteiger partial charge in [-0.15, -0.1) is 0 Å². The third-order valence-corrected chi connectivity index (χ3v) is 4.75. The molecule has 0 fully saturated rings. The van der Waals surface area contributed by atoms with Crippen molar-refractivity contribution in [2.45, 2.75) is 9.79 Å². The Bertz CT molecular complexity index is 769. The third kappa shape index (κ3) is 2.77. The molecule has 0 spiro atoms. The molecule has 1 heterocycles. The van der Waals surface area contributed by atoms with E-state index in [1.54, 1.807) is 18.0 Å². The van der Waals surface area contributed by atoms with E-state index >= 15 is 0 Å². The molecule has 5 heteroatoms. The Balaban J connectivity index is 2.12. The molecule has 0 atom stereocenters. The smallest absolute Gasteiger partial charge is 0.0715 e. The maximum Gasteiger partial charge on any atom is 0.0715 e. The van der Waals surface area contributed by atoms with Crippen molar-refractivity contribution < 1.29 is 0 Å². The molecule has 0 amide bonds. The Morgan fingerprint density at radius 1 is 1.10 bits per heavy atom. The average molecular weight is 366 g/mol. The number of nitrogens with two attached hydrogens (primary N) is 1. The summed E-state index contributed by atoms with van der Waals surface area (Å²) in [7, 11) is 0. The molecule has 0 unspecified atom stereocenters. The van der Waals surface area contributed by atoms with Crippen molar-refractivity contribution in [3.8, 4) is 0 Å². The van der Waals surface area contributed by atoms with Crippen LogP contribution in [0.1, 0.15) is 0 Å². The lowest BCUT2D eigenvalue weighted by Crippen LogP contribution is -1.92. The lowest BCUT2D eigenvalue weighted by molar-refractivity contribution is 1.35. The molecule has 20 heavy (non-hydrogen) atoms. The number of aromatic nitrogens is 1. The van der Waals surface area contributed by atoms with Crippen molar-refractivity contribution >= 4 is 55.9 Å². The van der Waals surface area contributed by atoms with Crippen molar-refractivity contribution in [2.24, 2.45) is 0 Å². The largest absolute Gasteiger partial charge is 0.397 e. The zero-order valence-corrected chi connectivity index (χ0v) is 13.5. The number of benzene rings is 2. The monoisotopic (exact) mass is 364 g/mol. The van der Waals surface area contributed by atoms with Crippen molar-refractivity contribution in [1.29, 1.82) is 0 Å². The molecule has 3 aromatic rings. The Morgan fingerprint density at radius 3 is 2.60 bits per heavy atom. The van der Waals surface area contributed by atoms with Crippen LogP contribution >= 0.6 is 39.3 Å². The van der Waals surface area contributed by atoms with Crippen LogP contribution < -0.4 is 5.73 Å². The van der Waals surface area contributed by atoms with Gasteiger partial charge in [-0.3, -0.25) is 4.98 Å². The highest BCUT2D eigenvalue weighted by molar-refractivity contribution is 9.10. The van der Waals surface area contributed by atoms with Crippen LogP contribution in [0.15, 0.2) is 62.9 Å². The first-order valence-electron chi connectivity index (χ1n) is 5.90. The van der Waals surface area contributed by atoms with E-state index in [0.717, 1.165) is 30.2 Å². The van der Waals surface area contributed by atoms with E-state index in [1.165, 1.54) is 0 Å². The summed E-state index contributed by atoms with van der Waals surface area (Å²) < 4.78 is 1.01. The molecule has 0 saturated carbocycles. The van der Waals surface area contributed by atoms with Gasteiger partial charge in [-0.1, -0.05) is 39.3 Å². The highest BCUT2D eigenvalue weighted by Gasteiger charge is 2.09. The van der Waals surface area contributed by atoms with E-state index in [0.29, 0.717) is 5.69 Å². The number of anilines is 1. The highest BCUT2D eigenvalue weighted by Crippen LogP contribution is 2.38. The Hall–Kier alpha value is -1.23. The first-order valence-corrected chi connectivity index (χ1v) is 7.89. The number of pyridine rings is 1. The fraction of sp³-hybridized carbons (Fsp3) is 0. The summed E-state index contributed by atoms with van der Waals surface area (Å²) in [5, 5.41) is 1.77. The number of nitrogens with zero attached hydrogens (tertiary/aromatic N) is 1. The van der Waals surface area contributed by atoms with Gasteiger partial charge < -0.3 is 5.73 Å². The van der Waals surface area contributed by atoms with Crippen LogP contribution in [0.25, 0.3) is 10.9 Å². The van der Waals surface area contributed by atoms with Crippen LogP contribution in [0.3, 0.4) is 0 Å². The second kappa shape index (κ2) is 5.64. The van der Waals surface area contributed by atoms with Gasteiger partial charge in [0, 0.05) is 24.7 Å². The summed E-state index contributed by atoms with van der Waals surface area (Å²) in [4.78, 5) is 6.46. The van der Waals surface area contributed by atoms with Gasteiger partial charge in [-0.25, -0.2) is 0 Å². The number of hydrogen-bond donors (Lipinski definition) is 1. The molecule has 0 radical (unpaired) electrons. The second-order valence-corrected chi connectivity index (χ2v) is 6.70. The van der Waals surface area contributed by atoms with Gasteiger partial charge in [0.05, 0.1) is 17.4 Å². The van der Waals surface area contributed by atoms with E-state index in [1.807, 2.05) is 42.5 Å². The van der Waals surface area contributed by atoms with Crippen LogP contribution in [-0.2, 0) is 0 Å². The van der Waals surface area contributed by atoms with Gasteiger partial charge in [0.15, 0.2) is 0 Å². The van der Waals surface area contributed by atoms with Crippen molar-refractivity contribution in [2.75, 3.05) is 5.73 Å². The minimum Gasteiger partial charge on any atom is -0.397 e. The quantitative estimate of drug-likeness (QED) is 0.662. The fourth-order valence-electron chi connectivity index (χ4n) is 1.89. The molecule has 100 valence electrons. The normalized spacial score (nSPS) is 10.9. The molecule has 0 saturated heterocycles. The van der Waals surface area contributed by atoms with Gasteiger partial charge in [0.25, 0.3) is 0 Å². The van der Waals surface area contributed by atoms with Gasteiger partial charge in [-0.05, 0) is 42.5 Å². The number of fused-ring (bicyclic) bond motifs is 1. The minimum absolute atomic E-state index is 0.676. The molecule has 0 aliphatic carbocycles. The van der Waals surface area contributed by atoms with E-state index in [2.05, 4.69) is 20.9 Å². The van der Waals surface area contributed by atoms with Gasteiger partial charge >= 0.3 is 0 Å². The number of rotatable bonds is 2. The molecule has 0 bridgehead atoms. The highest BCUT2D eigenvalue weighted by atomic mass is 79.9. The van der Waals surface area contributed by atoms with Crippen LogP contribution in [0.2, 0.25) is 5.02 Å². The lowest BCUT2D eigenvalue weighted by atomic mass is 10.2. The molecule has 2 aromatic carbocycles. The zero-order chi connectivity index (χ0) is 14.1. The maximum atomic E-state index is 6.09. The summed E-state index contributed by atoms with van der Waals surface area (Å²) >= 11 is 11.0. The van der Waals surface area contributed by atoms with Gasteiger partial charge in [0.2, 0.25) is 0 Å². The molecule has 2 N–H and O–H groups in total. The summed E-state index contributed by atoms with van der Waals surface area (Å²) in [5.41, 5.74) is 7.70. The molecule has 0 aliphatic heterocycles. The topological polar surface area (TPSA) is 38.9 Å². The van der Waals surface area contributed by atoms with Crippen LogP contribution in [0.5, 0.6) is 0 Å². The summed E-state index contributed by atoms with van der Waals surface area (Å²) in [5.74, 6) is 0. The molecule has 3 rings (SSSR count). The number of halogens is 2. The first-order chi connectivity index (χ1) is 9.63. The second-order valence-electron chi connectivity index (χ2n) is 4.26. The molecular weight excluding hydrogens is 356 g/mol. The predicted molar refractivity (Wildman–Crippen MR) is 89.4 cm³/mol. The molecule has 1 aromatic heterocycles. The number of nitrogen functional groups attached to an aromatic ring is 1. The molecule has 0 aliphatic rings. The Morgan fingerprint density at radius 2 is 1.85 bits per heavy atom. The fourth-order valence-corrected chi connectivity index (χ4v) is 3.33. The van der Waals surface area contributed by atoms with Crippen LogP contribution in [-0.4, -0.2) is 4.98 Å². The minimum atomic E-state index is 0.676. The van der Waals surface area contributed by atoms with E-state index in [9.17, 15) is 0 Å². The molecule has 2 nitrogen and oxygen atoms in total. The van der Waals surface area contributed by atoms with Crippen molar-refractivity contribution in [3.63, 3.8) is 0 Å². The van der Waals surface area contributed by atoms with Crippen molar-refractivity contribution in [3.05, 3.63) is 58.2 Å². The maximum absolute atomic E-state index is 6.09. The predicted octanol–water partition coefficient (Wildman–Crippen LogP) is 5.38. The Kier molecular flexibility index (Phi) is 3.87. The first kappa shape index (κ1) is 13.7. The van der Waals surface area contributed by atoms with Crippen molar-refractivity contribution in [1.82, 2.24) is 4.98 Å². The summed E-state index contributed by atoms with van der Waals surface area (Å²) in [6, 6.07) is 13.7. The van der Waals surface area contributed by atoms with E-state index in [-0.39, 0.29) is 0 Å².